The van der Waals surface area contributed by atoms with Crippen molar-refractivity contribution >= 4 is 11.6 Å². The van der Waals surface area contributed by atoms with Crippen LogP contribution in [0, 0.1) is 0 Å². The van der Waals surface area contributed by atoms with Crippen molar-refractivity contribution in [3.63, 3.8) is 0 Å². The molecule has 138 valence electrons. The minimum Gasteiger partial charge on any atom is -0.496 e. The largest absolute Gasteiger partial charge is 0.496 e. The molecule has 0 aliphatic carbocycles. The van der Waals surface area contributed by atoms with Gasteiger partial charge in [0.05, 0.1) is 26.9 Å². The van der Waals surface area contributed by atoms with Gasteiger partial charge in [0.1, 0.15) is 5.75 Å². The summed E-state index contributed by atoms with van der Waals surface area (Å²) < 4.78 is 16.0. The molecule has 1 aliphatic rings. The third-order valence-electron chi connectivity index (χ3n) is 4.53. The minimum atomic E-state index is -0.0721. The fourth-order valence-electron chi connectivity index (χ4n) is 3.09. The fraction of sp³-hybridized carbons (Fsp3) is 0.368. The van der Waals surface area contributed by atoms with Crippen molar-refractivity contribution in [1.82, 2.24) is 9.88 Å². The van der Waals surface area contributed by atoms with Gasteiger partial charge in [0.2, 0.25) is 0 Å². The van der Waals surface area contributed by atoms with Crippen LogP contribution in [0.15, 0.2) is 36.7 Å². The van der Waals surface area contributed by atoms with Gasteiger partial charge in [-0.1, -0.05) is 0 Å². The summed E-state index contributed by atoms with van der Waals surface area (Å²) in [5, 5.41) is 0. The lowest BCUT2D eigenvalue weighted by Crippen LogP contribution is -2.48. The van der Waals surface area contributed by atoms with E-state index < -0.39 is 0 Å². The molecule has 1 amide bonds. The van der Waals surface area contributed by atoms with E-state index >= 15 is 0 Å². The average Bonchev–Trinajstić information content (AvgIpc) is 2.72. The van der Waals surface area contributed by atoms with Crippen molar-refractivity contribution in [2.45, 2.75) is 0 Å². The van der Waals surface area contributed by atoms with E-state index in [9.17, 15) is 4.79 Å². The van der Waals surface area contributed by atoms with E-state index in [1.807, 2.05) is 17.0 Å². The summed E-state index contributed by atoms with van der Waals surface area (Å²) in [7, 11) is 4.64. The number of methoxy groups -OCH3 is 3. The van der Waals surface area contributed by atoms with Crippen LogP contribution in [-0.2, 0) is 0 Å². The SMILES string of the molecule is COc1cc(OC)c(C(=O)N2CCN(c3ccncc3)CC2)cc1OC. The number of piperazine rings is 1. The molecule has 7 nitrogen and oxygen atoms in total. The molecule has 1 aromatic heterocycles. The minimum absolute atomic E-state index is 0.0721. The first-order chi connectivity index (χ1) is 12.7. The molecule has 3 rings (SSSR count). The number of pyridine rings is 1. The molecule has 0 N–H and O–H groups in total. The maximum Gasteiger partial charge on any atom is 0.257 e. The molecule has 2 aromatic rings. The molecular formula is C19H23N3O4. The number of hydrogen-bond donors (Lipinski definition) is 0. The van der Waals surface area contributed by atoms with Crippen molar-refractivity contribution in [3.05, 3.63) is 42.2 Å². The Hall–Kier alpha value is -2.96. The molecule has 0 radical (unpaired) electrons. The van der Waals surface area contributed by atoms with E-state index in [1.165, 1.54) is 0 Å². The van der Waals surface area contributed by atoms with Gasteiger partial charge in [0, 0.05) is 56.4 Å². The number of aromatic nitrogens is 1. The number of anilines is 1. The van der Waals surface area contributed by atoms with Gasteiger partial charge in [-0.3, -0.25) is 9.78 Å². The van der Waals surface area contributed by atoms with Gasteiger partial charge in [0.25, 0.3) is 5.91 Å². The van der Waals surface area contributed by atoms with Crippen molar-refractivity contribution < 1.29 is 19.0 Å². The average molecular weight is 357 g/mol. The summed E-state index contributed by atoms with van der Waals surface area (Å²) >= 11 is 0. The van der Waals surface area contributed by atoms with Crippen LogP contribution in [0.25, 0.3) is 0 Å². The van der Waals surface area contributed by atoms with Crippen LogP contribution in [0.5, 0.6) is 17.2 Å². The van der Waals surface area contributed by atoms with Gasteiger partial charge in [-0.25, -0.2) is 0 Å². The Kier molecular flexibility index (Phi) is 5.46. The molecule has 1 aliphatic heterocycles. The quantitative estimate of drug-likeness (QED) is 0.816. The van der Waals surface area contributed by atoms with Crippen molar-refractivity contribution in [2.75, 3.05) is 52.4 Å². The van der Waals surface area contributed by atoms with E-state index in [4.69, 9.17) is 14.2 Å². The number of rotatable bonds is 5. The molecule has 0 spiro atoms. The molecule has 1 fully saturated rings. The van der Waals surface area contributed by atoms with Crippen LogP contribution in [0.1, 0.15) is 10.4 Å². The van der Waals surface area contributed by atoms with Crippen LogP contribution in [-0.4, -0.2) is 63.3 Å². The second kappa shape index (κ2) is 7.95. The van der Waals surface area contributed by atoms with Crippen LogP contribution in [0.4, 0.5) is 5.69 Å². The van der Waals surface area contributed by atoms with Gasteiger partial charge in [-0.05, 0) is 12.1 Å². The van der Waals surface area contributed by atoms with E-state index in [1.54, 1.807) is 45.9 Å². The Morgan fingerprint density at radius 1 is 0.885 bits per heavy atom. The molecule has 1 saturated heterocycles. The van der Waals surface area contributed by atoms with Crippen LogP contribution < -0.4 is 19.1 Å². The summed E-state index contributed by atoms with van der Waals surface area (Å²) in [6.45, 7) is 2.81. The van der Waals surface area contributed by atoms with Crippen LogP contribution in [0.2, 0.25) is 0 Å². The highest BCUT2D eigenvalue weighted by atomic mass is 16.5. The zero-order chi connectivity index (χ0) is 18.5. The van der Waals surface area contributed by atoms with Crippen LogP contribution >= 0.6 is 0 Å². The summed E-state index contributed by atoms with van der Waals surface area (Å²) in [5.74, 6) is 1.44. The second-order valence-corrected chi connectivity index (χ2v) is 5.89. The Bertz CT molecular complexity index is 759. The zero-order valence-corrected chi connectivity index (χ0v) is 15.3. The first-order valence-corrected chi connectivity index (χ1v) is 8.42. The smallest absolute Gasteiger partial charge is 0.257 e. The monoisotopic (exact) mass is 357 g/mol. The second-order valence-electron chi connectivity index (χ2n) is 5.89. The van der Waals surface area contributed by atoms with Gasteiger partial charge >= 0.3 is 0 Å². The highest BCUT2D eigenvalue weighted by Gasteiger charge is 2.26. The summed E-state index contributed by atoms with van der Waals surface area (Å²) in [6, 6.07) is 7.32. The van der Waals surface area contributed by atoms with E-state index in [-0.39, 0.29) is 5.91 Å². The molecule has 0 saturated carbocycles. The molecule has 0 bridgehead atoms. The molecule has 0 atom stereocenters. The Labute approximate surface area is 153 Å². The maximum absolute atomic E-state index is 13.0. The van der Waals surface area contributed by atoms with Crippen molar-refractivity contribution in [3.8, 4) is 17.2 Å². The lowest BCUT2D eigenvalue weighted by Gasteiger charge is -2.36. The first kappa shape index (κ1) is 17.8. The normalized spacial score (nSPS) is 14.1. The van der Waals surface area contributed by atoms with Gasteiger partial charge in [-0.15, -0.1) is 0 Å². The van der Waals surface area contributed by atoms with Gasteiger partial charge in [0.15, 0.2) is 11.5 Å². The molecular weight excluding hydrogens is 334 g/mol. The highest BCUT2D eigenvalue weighted by Crippen LogP contribution is 2.35. The number of nitrogens with zero attached hydrogens (tertiary/aromatic N) is 3. The summed E-state index contributed by atoms with van der Waals surface area (Å²) in [4.78, 5) is 21.1. The number of carbonyl (C=O) groups excluding carboxylic acids is 1. The number of benzene rings is 1. The van der Waals surface area contributed by atoms with E-state index in [0.29, 0.717) is 35.9 Å². The predicted octanol–water partition coefficient (Wildman–Crippen LogP) is 2.07. The molecule has 26 heavy (non-hydrogen) atoms. The Balaban J connectivity index is 1.76. The van der Waals surface area contributed by atoms with Crippen molar-refractivity contribution in [1.29, 1.82) is 0 Å². The predicted molar refractivity (Wildman–Crippen MR) is 98.5 cm³/mol. The lowest BCUT2D eigenvalue weighted by atomic mass is 10.1. The zero-order valence-electron chi connectivity index (χ0n) is 15.3. The summed E-state index contributed by atoms with van der Waals surface area (Å²) in [6.07, 6.45) is 3.56. The van der Waals surface area contributed by atoms with Crippen molar-refractivity contribution in [2.24, 2.45) is 0 Å². The van der Waals surface area contributed by atoms with Gasteiger partial charge < -0.3 is 24.0 Å². The topological polar surface area (TPSA) is 64.1 Å². The number of amides is 1. The lowest BCUT2D eigenvalue weighted by molar-refractivity contribution is 0.0743. The molecule has 7 heteroatoms. The standard InChI is InChI=1S/C19H23N3O4/c1-24-16-13-18(26-3)17(25-2)12-15(16)19(23)22-10-8-21(9-11-22)14-4-6-20-7-5-14/h4-7,12-13H,8-11H2,1-3H3. The van der Waals surface area contributed by atoms with Crippen LogP contribution in [0.3, 0.4) is 0 Å². The van der Waals surface area contributed by atoms with Gasteiger partial charge in [-0.2, -0.15) is 0 Å². The molecule has 0 unspecified atom stereocenters. The third kappa shape index (κ3) is 3.51. The number of hydrogen-bond acceptors (Lipinski definition) is 6. The molecule has 1 aromatic carbocycles. The highest BCUT2D eigenvalue weighted by molar-refractivity contribution is 5.98. The van der Waals surface area contributed by atoms with E-state index in [0.717, 1.165) is 18.8 Å². The fourth-order valence-corrected chi connectivity index (χ4v) is 3.09. The Morgan fingerprint density at radius 3 is 2.04 bits per heavy atom. The third-order valence-corrected chi connectivity index (χ3v) is 4.53. The molecule has 2 heterocycles. The summed E-state index contributed by atoms with van der Waals surface area (Å²) in [5.41, 5.74) is 1.60. The number of carbonyl (C=O) groups is 1. The maximum atomic E-state index is 13.0. The number of ether oxygens (including phenoxy) is 3. The first-order valence-electron chi connectivity index (χ1n) is 8.42. The Morgan fingerprint density at radius 2 is 1.46 bits per heavy atom. The van der Waals surface area contributed by atoms with E-state index in [2.05, 4.69) is 9.88 Å².